The molecule has 0 aromatic heterocycles. The number of piperazine rings is 1. The van der Waals surface area contributed by atoms with E-state index in [4.69, 9.17) is 4.74 Å². The highest BCUT2D eigenvalue weighted by molar-refractivity contribution is 5.78. The monoisotopic (exact) mass is 245 g/mol. The number of ether oxygens (including phenoxy) is 1. The molecule has 0 radical (unpaired) electrons. The van der Waals surface area contributed by atoms with Crippen molar-refractivity contribution in [3.05, 3.63) is 0 Å². The van der Waals surface area contributed by atoms with E-state index in [2.05, 4.69) is 5.32 Å². The smallest absolute Gasteiger partial charge is 0.236 e. The number of hydrogen-bond acceptors (Lipinski definition) is 5. The minimum Gasteiger partial charge on any atom is -0.389 e. The molecule has 0 aromatic carbocycles. The van der Waals surface area contributed by atoms with Crippen molar-refractivity contribution in [2.75, 3.05) is 60.0 Å². The van der Waals surface area contributed by atoms with Crippen molar-refractivity contribution in [3.63, 3.8) is 0 Å². The minimum absolute atomic E-state index is 0.124. The maximum atomic E-state index is 11.9. The largest absolute Gasteiger partial charge is 0.389 e. The second kappa shape index (κ2) is 7.60. The van der Waals surface area contributed by atoms with Crippen molar-refractivity contribution in [3.8, 4) is 0 Å². The van der Waals surface area contributed by atoms with Crippen molar-refractivity contribution in [2.45, 2.75) is 6.10 Å². The van der Waals surface area contributed by atoms with E-state index >= 15 is 0 Å². The van der Waals surface area contributed by atoms with Crippen LogP contribution >= 0.6 is 0 Å². The first kappa shape index (κ1) is 14.4. The first-order valence-electron chi connectivity index (χ1n) is 5.97. The van der Waals surface area contributed by atoms with E-state index in [1.54, 1.807) is 7.11 Å². The van der Waals surface area contributed by atoms with Crippen LogP contribution in [0, 0.1) is 0 Å². The Morgan fingerprint density at radius 3 is 2.76 bits per heavy atom. The molecule has 1 aliphatic heterocycles. The molecule has 0 aromatic rings. The van der Waals surface area contributed by atoms with Gasteiger partial charge in [0.15, 0.2) is 0 Å². The van der Waals surface area contributed by atoms with Gasteiger partial charge in [-0.15, -0.1) is 0 Å². The van der Waals surface area contributed by atoms with Crippen molar-refractivity contribution in [1.29, 1.82) is 0 Å². The van der Waals surface area contributed by atoms with Crippen LogP contribution < -0.4 is 5.32 Å². The third kappa shape index (κ3) is 5.45. The Morgan fingerprint density at radius 2 is 2.18 bits per heavy atom. The molecule has 0 aliphatic carbocycles. The van der Waals surface area contributed by atoms with Crippen molar-refractivity contribution >= 4 is 5.91 Å². The van der Waals surface area contributed by atoms with Crippen LogP contribution in [0.5, 0.6) is 0 Å². The Bertz CT molecular complexity index is 232. The Morgan fingerprint density at radius 1 is 1.53 bits per heavy atom. The number of aliphatic hydroxyl groups excluding tert-OH is 1. The zero-order valence-corrected chi connectivity index (χ0v) is 10.7. The summed E-state index contributed by atoms with van der Waals surface area (Å²) in [5.41, 5.74) is 0. The van der Waals surface area contributed by atoms with Gasteiger partial charge in [-0.2, -0.15) is 0 Å². The fourth-order valence-corrected chi connectivity index (χ4v) is 1.91. The van der Waals surface area contributed by atoms with E-state index in [0.29, 0.717) is 19.7 Å². The van der Waals surface area contributed by atoms with Crippen molar-refractivity contribution in [1.82, 2.24) is 15.1 Å². The second-order valence-electron chi connectivity index (χ2n) is 4.44. The first-order chi connectivity index (χ1) is 8.13. The van der Waals surface area contributed by atoms with Crippen LogP contribution in [-0.2, 0) is 9.53 Å². The van der Waals surface area contributed by atoms with Crippen LogP contribution in [0.4, 0.5) is 0 Å². The number of hydrogen-bond donors (Lipinski definition) is 2. The summed E-state index contributed by atoms with van der Waals surface area (Å²) in [7, 11) is 3.38. The fraction of sp³-hybridized carbons (Fsp3) is 0.909. The van der Waals surface area contributed by atoms with E-state index < -0.39 is 6.10 Å². The van der Waals surface area contributed by atoms with Gasteiger partial charge in [0.05, 0.1) is 19.3 Å². The van der Waals surface area contributed by atoms with Crippen LogP contribution in [0.2, 0.25) is 0 Å². The molecule has 1 saturated heterocycles. The quantitative estimate of drug-likeness (QED) is 0.587. The van der Waals surface area contributed by atoms with Crippen LogP contribution in [0.1, 0.15) is 0 Å². The molecule has 1 amide bonds. The number of amides is 1. The number of methoxy groups -OCH3 is 1. The number of nitrogens with zero attached hydrogens (tertiary/aromatic N) is 2. The number of aliphatic hydroxyl groups is 1. The minimum atomic E-state index is -0.541. The molecular weight excluding hydrogens is 222 g/mol. The van der Waals surface area contributed by atoms with Gasteiger partial charge in [-0.05, 0) is 7.05 Å². The lowest BCUT2D eigenvalue weighted by atomic mass is 10.3. The molecule has 1 aliphatic rings. The summed E-state index contributed by atoms with van der Waals surface area (Å²) in [6.07, 6.45) is -0.541. The lowest BCUT2D eigenvalue weighted by Gasteiger charge is -2.29. The molecule has 0 bridgehead atoms. The van der Waals surface area contributed by atoms with E-state index in [1.165, 1.54) is 0 Å². The number of carbonyl (C=O) groups excluding carboxylic acids is 1. The summed E-state index contributed by atoms with van der Waals surface area (Å²) in [6, 6.07) is 0. The van der Waals surface area contributed by atoms with Gasteiger partial charge in [-0.25, -0.2) is 0 Å². The maximum absolute atomic E-state index is 11.9. The molecule has 1 heterocycles. The summed E-state index contributed by atoms with van der Waals surface area (Å²) in [5.74, 6) is 0.124. The maximum Gasteiger partial charge on any atom is 0.236 e. The zero-order chi connectivity index (χ0) is 12.7. The van der Waals surface area contributed by atoms with Gasteiger partial charge in [0.25, 0.3) is 0 Å². The van der Waals surface area contributed by atoms with Gasteiger partial charge in [-0.1, -0.05) is 0 Å². The van der Waals surface area contributed by atoms with Gasteiger partial charge >= 0.3 is 0 Å². The second-order valence-corrected chi connectivity index (χ2v) is 4.44. The molecule has 6 nitrogen and oxygen atoms in total. The van der Waals surface area contributed by atoms with Crippen LogP contribution in [0.25, 0.3) is 0 Å². The summed E-state index contributed by atoms with van der Waals surface area (Å²) >= 11 is 0. The standard InChI is InChI=1S/C11H23N3O3/c1-13(7-10(15)9-17-2)8-11(16)14-5-3-12-4-6-14/h10,12,15H,3-9H2,1-2H3. The summed E-state index contributed by atoms with van der Waals surface area (Å²) in [4.78, 5) is 15.6. The number of rotatable bonds is 6. The van der Waals surface area contributed by atoms with E-state index in [-0.39, 0.29) is 5.91 Å². The van der Waals surface area contributed by atoms with Crippen molar-refractivity contribution < 1.29 is 14.6 Å². The number of likely N-dealkylation sites (N-methyl/N-ethyl adjacent to an activating group) is 1. The van der Waals surface area contributed by atoms with Crippen LogP contribution in [-0.4, -0.2) is 87.0 Å². The summed E-state index contributed by atoms with van der Waals surface area (Å²) in [5, 5.41) is 12.7. The predicted molar refractivity (Wildman–Crippen MR) is 64.8 cm³/mol. The van der Waals surface area contributed by atoms with E-state index in [0.717, 1.165) is 26.2 Å². The topological polar surface area (TPSA) is 65.0 Å². The van der Waals surface area contributed by atoms with Gasteiger partial charge in [0.2, 0.25) is 5.91 Å². The zero-order valence-electron chi connectivity index (χ0n) is 10.7. The molecular formula is C11H23N3O3. The summed E-state index contributed by atoms with van der Waals surface area (Å²) in [6.45, 7) is 4.36. The molecule has 0 spiro atoms. The van der Waals surface area contributed by atoms with Gasteiger partial charge in [0, 0.05) is 39.8 Å². The molecule has 1 fully saturated rings. The third-order valence-corrected chi connectivity index (χ3v) is 2.76. The molecule has 1 atom stereocenters. The van der Waals surface area contributed by atoms with Gasteiger partial charge in [-0.3, -0.25) is 9.69 Å². The first-order valence-corrected chi connectivity index (χ1v) is 5.97. The number of nitrogens with one attached hydrogen (secondary N) is 1. The number of carbonyl (C=O) groups is 1. The molecule has 1 unspecified atom stereocenters. The molecule has 1 rings (SSSR count). The molecule has 0 saturated carbocycles. The van der Waals surface area contributed by atoms with Crippen molar-refractivity contribution in [2.24, 2.45) is 0 Å². The molecule has 2 N–H and O–H groups in total. The lowest BCUT2D eigenvalue weighted by Crippen LogP contribution is -2.49. The van der Waals surface area contributed by atoms with Gasteiger partial charge in [0.1, 0.15) is 0 Å². The van der Waals surface area contributed by atoms with Gasteiger partial charge < -0.3 is 20.1 Å². The highest BCUT2D eigenvalue weighted by Crippen LogP contribution is 1.97. The Labute approximate surface area is 103 Å². The molecule has 6 heteroatoms. The lowest BCUT2D eigenvalue weighted by molar-refractivity contribution is -0.133. The highest BCUT2D eigenvalue weighted by Gasteiger charge is 2.18. The Kier molecular flexibility index (Phi) is 6.43. The van der Waals surface area contributed by atoms with E-state index in [9.17, 15) is 9.90 Å². The summed E-state index contributed by atoms with van der Waals surface area (Å²) < 4.78 is 4.85. The average Bonchev–Trinajstić information content (AvgIpc) is 2.30. The van der Waals surface area contributed by atoms with E-state index in [1.807, 2.05) is 16.8 Å². The third-order valence-electron chi connectivity index (χ3n) is 2.76. The Balaban J connectivity index is 2.24. The molecule has 17 heavy (non-hydrogen) atoms. The van der Waals surface area contributed by atoms with Crippen LogP contribution in [0.3, 0.4) is 0 Å². The average molecular weight is 245 g/mol. The SMILES string of the molecule is COCC(O)CN(C)CC(=O)N1CCNCC1. The normalized spacial score (nSPS) is 18.5. The predicted octanol–water partition coefficient (Wildman–Crippen LogP) is -1.64. The Hall–Kier alpha value is -0.690. The highest BCUT2D eigenvalue weighted by atomic mass is 16.5. The molecule has 100 valence electrons. The fourth-order valence-electron chi connectivity index (χ4n) is 1.91. The van der Waals surface area contributed by atoms with Crippen LogP contribution in [0.15, 0.2) is 0 Å².